The van der Waals surface area contributed by atoms with Crippen LogP contribution in [0.3, 0.4) is 0 Å². The largest absolute Gasteiger partial charge is 0.503 e. The number of hydrogen-bond donors (Lipinski definition) is 1. The number of methoxy groups -OCH3 is 3. The van der Waals surface area contributed by atoms with Crippen molar-refractivity contribution in [1.82, 2.24) is 0 Å². The molecule has 2 heterocycles. The summed E-state index contributed by atoms with van der Waals surface area (Å²) in [4.78, 5) is 28.3. The Bertz CT molecular complexity index is 1510. The van der Waals surface area contributed by atoms with Crippen molar-refractivity contribution in [2.45, 2.75) is 6.04 Å². The van der Waals surface area contributed by atoms with Gasteiger partial charge in [0.1, 0.15) is 11.4 Å². The number of benzene rings is 3. The summed E-state index contributed by atoms with van der Waals surface area (Å²) in [6.45, 7) is 0. The molecule has 37 heavy (non-hydrogen) atoms. The van der Waals surface area contributed by atoms with E-state index in [4.69, 9.17) is 18.6 Å². The molecule has 1 aliphatic rings. The second-order valence-electron chi connectivity index (χ2n) is 8.26. The van der Waals surface area contributed by atoms with Crippen LogP contribution < -0.4 is 19.1 Å². The lowest BCUT2D eigenvalue weighted by molar-refractivity contribution is -0.117. The number of carbonyl (C=O) groups excluding carboxylic acids is 2. The molecule has 1 aromatic heterocycles. The van der Waals surface area contributed by atoms with Crippen molar-refractivity contribution in [3.05, 3.63) is 95.2 Å². The summed E-state index contributed by atoms with van der Waals surface area (Å²) < 4.78 is 36.3. The Morgan fingerprint density at radius 2 is 1.65 bits per heavy atom. The highest BCUT2D eigenvalue weighted by Gasteiger charge is 2.46. The second-order valence-corrected chi connectivity index (χ2v) is 8.26. The van der Waals surface area contributed by atoms with Crippen molar-refractivity contribution < 1.29 is 37.7 Å². The Balaban J connectivity index is 1.73. The first-order valence-corrected chi connectivity index (χ1v) is 11.2. The van der Waals surface area contributed by atoms with E-state index in [-0.39, 0.29) is 28.5 Å². The van der Waals surface area contributed by atoms with Gasteiger partial charge in [-0.2, -0.15) is 0 Å². The van der Waals surface area contributed by atoms with E-state index in [1.165, 1.54) is 39.5 Å². The van der Waals surface area contributed by atoms with Gasteiger partial charge >= 0.3 is 0 Å². The average molecular weight is 503 g/mol. The van der Waals surface area contributed by atoms with Crippen LogP contribution in [-0.4, -0.2) is 38.1 Å². The number of fused-ring (bicyclic) bond motifs is 1. The summed E-state index contributed by atoms with van der Waals surface area (Å²) in [5.41, 5.74) is 0.738. The Hall–Kier alpha value is -4.79. The monoisotopic (exact) mass is 503 g/mol. The molecule has 3 aromatic carbocycles. The van der Waals surface area contributed by atoms with Crippen LogP contribution in [0.5, 0.6) is 17.2 Å². The average Bonchev–Trinajstić information content (AvgIpc) is 3.46. The number of ether oxygens (including phenoxy) is 3. The molecular formula is C28H22FNO7. The number of hydrogen-bond acceptors (Lipinski definition) is 7. The van der Waals surface area contributed by atoms with Gasteiger partial charge in [-0.25, -0.2) is 4.39 Å². The predicted molar refractivity (Wildman–Crippen MR) is 133 cm³/mol. The van der Waals surface area contributed by atoms with Gasteiger partial charge in [-0.1, -0.05) is 24.3 Å². The SMILES string of the molecule is COc1cc(C2C(C(=O)c3cc4ccccc4o3)=C(O)C(=O)N2c2cccc(F)c2)cc(OC)c1OC. The smallest absolute Gasteiger partial charge is 0.294 e. The van der Waals surface area contributed by atoms with Crippen molar-refractivity contribution in [3.8, 4) is 17.2 Å². The van der Waals surface area contributed by atoms with Gasteiger partial charge in [-0.05, 0) is 48.0 Å². The van der Waals surface area contributed by atoms with Crippen LogP contribution in [0.1, 0.15) is 22.2 Å². The number of aliphatic hydroxyl groups is 1. The number of Topliss-reactive ketones (excluding diaryl/α,β-unsaturated/α-hetero) is 1. The van der Waals surface area contributed by atoms with Crippen LogP contribution in [0.4, 0.5) is 10.1 Å². The lowest BCUT2D eigenvalue weighted by atomic mass is 9.94. The zero-order valence-electron chi connectivity index (χ0n) is 20.2. The molecule has 188 valence electrons. The van der Waals surface area contributed by atoms with Crippen molar-refractivity contribution in [2.75, 3.05) is 26.2 Å². The van der Waals surface area contributed by atoms with Crippen molar-refractivity contribution in [3.63, 3.8) is 0 Å². The summed E-state index contributed by atoms with van der Waals surface area (Å²) >= 11 is 0. The van der Waals surface area contributed by atoms with E-state index in [1.54, 1.807) is 42.5 Å². The molecule has 0 fully saturated rings. The predicted octanol–water partition coefficient (Wildman–Crippen LogP) is 5.38. The van der Waals surface area contributed by atoms with Gasteiger partial charge in [0, 0.05) is 11.1 Å². The number of furan rings is 1. The third-order valence-electron chi connectivity index (χ3n) is 6.19. The van der Waals surface area contributed by atoms with Crippen LogP contribution in [0.25, 0.3) is 11.0 Å². The topological polar surface area (TPSA) is 98.4 Å². The van der Waals surface area contributed by atoms with Gasteiger partial charge in [0.2, 0.25) is 11.5 Å². The summed E-state index contributed by atoms with van der Waals surface area (Å²) in [5, 5.41) is 11.7. The summed E-state index contributed by atoms with van der Waals surface area (Å²) in [5.74, 6) is -2.15. The maximum atomic E-state index is 14.2. The zero-order chi connectivity index (χ0) is 26.3. The maximum Gasteiger partial charge on any atom is 0.294 e. The molecular weight excluding hydrogens is 481 g/mol. The van der Waals surface area contributed by atoms with Crippen LogP contribution in [0, 0.1) is 5.82 Å². The van der Waals surface area contributed by atoms with E-state index >= 15 is 0 Å². The number of amides is 1. The van der Waals surface area contributed by atoms with Crippen molar-refractivity contribution in [2.24, 2.45) is 0 Å². The second kappa shape index (κ2) is 9.34. The van der Waals surface area contributed by atoms with Crippen molar-refractivity contribution in [1.29, 1.82) is 0 Å². The molecule has 8 nitrogen and oxygen atoms in total. The number of halogens is 1. The fourth-order valence-corrected chi connectivity index (χ4v) is 4.53. The van der Waals surface area contributed by atoms with Crippen LogP contribution in [0.15, 0.2) is 82.5 Å². The molecule has 0 radical (unpaired) electrons. The minimum absolute atomic E-state index is 0.0610. The fourth-order valence-electron chi connectivity index (χ4n) is 4.53. The van der Waals surface area contributed by atoms with Gasteiger partial charge < -0.3 is 23.7 Å². The molecule has 1 N–H and O–H groups in total. The van der Waals surface area contributed by atoms with Gasteiger partial charge in [0.25, 0.3) is 5.91 Å². The number of para-hydroxylation sites is 1. The Labute approximate surface area is 211 Å². The number of rotatable bonds is 7. The highest BCUT2D eigenvalue weighted by molar-refractivity contribution is 6.20. The Kier molecular flexibility index (Phi) is 6.04. The van der Waals surface area contributed by atoms with Gasteiger partial charge in [-0.3, -0.25) is 14.5 Å². The van der Waals surface area contributed by atoms with E-state index in [0.717, 1.165) is 11.0 Å². The number of carbonyl (C=O) groups is 2. The molecule has 1 unspecified atom stereocenters. The van der Waals surface area contributed by atoms with E-state index in [2.05, 4.69) is 0 Å². The summed E-state index contributed by atoms with van der Waals surface area (Å²) in [6, 6.07) is 15.9. The van der Waals surface area contributed by atoms with Crippen LogP contribution in [0.2, 0.25) is 0 Å². The number of nitrogens with zero attached hydrogens (tertiary/aromatic N) is 1. The first-order chi connectivity index (χ1) is 17.9. The fraction of sp³-hybridized carbons (Fsp3) is 0.143. The third kappa shape index (κ3) is 3.94. The maximum absolute atomic E-state index is 14.2. The number of ketones is 1. The molecule has 1 amide bonds. The normalized spacial score (nSPS) is 15.4. The first kappa shape index (κ1) is 23.9. The quantitative estimate of drug-likeness (QED) is 0.338. The summed E-state index contributed by atoms with van der Waals surface area (Å²) in [7, 11) is 4.30. The molecule has 1 aliphatic heterocycles. The van der Waals surface area contributed by atoms with Crippen LogP contribution in [-0.2, 0) is 4.79 Å². The van der Waals surface area contributed by atoms with Crippen molar-refractivity contribution >= 4 is 28.3 Å². The van der Waals surface area contributed by atoms with Gasteiger partial charge in [0.15, 0.2) is 23.0 Å². The van der Waals surface area contributed by atoms with Gasteiger partial charge in [-0.15, -0.1) is 0 Å². The first-order valence-electron chi connectivity index (χ1n) is 11.2. The standard InChI is InChI=1S/C28H22FNO7/c1-34-21-12-16(13-22(35-2)27(21)36-3)24-23(25(31)20-11-15-7-4-5-10-19(15)37-20)26(32)28(33)30(24)18-9-6-8-17(29)14-18/h4-14,24,32H,1-3H3. The minimum atomic E-state index is -1.16. The molecule has 0 saturated carbocycles. The van der Waals surface area contributed by atoms with Crippen LogP contribution >= 0.6 is 0 Å². The highest BCUT2D eigenvalue weighted by Crippen LogP contribution is 2.47. The molecule has 5 rings (SSSR count). The lowest BCUT2D eigenvalue weighted by Crippen LogP contribution is -2.31. The van der Waals surface area contributed by atoms with Gasteiger partial charge in [0.05, 0.1) is 32.9 Å². The molecule has 0 spiro atoms. The lowest BCUT2D eigenvalue weighted by Gasteiger charge is -2.27. The van der Waals surface area contributed by atoms with E-state index in [0.29, 0.717) is 22.3 Å². The molecule has 9 heteroatoms. The highest BCUT2D eigenvalue weighted by atomic mass is 19.1. The molecule has 0 bridgehead atoms. The minimum Gasteiger partial charge on any atom is -0.503 e. The number of anilines is 1. The van der Waals surface area contributed by atoms with E-state index < -0.39 is 29.3 Å². The zero-order valence-corrected chi connectivity index (χ0v) is 20.2. The molecule has 0 saturated heterocycles. The van der Waals surface area contributed by atoms with E-state index in [9.17, 15) is 19.1 Å². The van der Waals surface area contributed by atoms with E-state index in [1.807, 2.05) is 0 Å². The Morgan fingerprint density at radius 1 is 0.946 bits per heavy atom. The Morgan fingerprint density at radius 3 is 2.27 bits per heavy atom. The molecule has 1 atom stereocenters. The number of aliphatic hydroxyl groups excluding tert-OH is 1. The molecule has 4 aromatic rings. The third-order valence-corrected chi connectivity index (χ3v) is 6.19. The summed E-state index contributed by atoms with van der Waals surface area (Å²) in [6.07, 6.45) is 0. The molecule has 0 aliphatic carbocycles.